The first-order chi connectivity index (χ1) is 17.9. The van der Waals surface area contributed by atoms with Gasteiger partial charge in [0.2, 0.25) is 0 Å². The second-order valence-corrected chi connectivity index (χ2v) is 11.6. The van der Waals surface area contributed by atoms with Crippen molar-refractivity contribution >= 4 is 26.6 Å². The molecule has 1 N–H and O–H groups in total. The summed E-state index contributed by atoms with van der Waals surface area (Å²) in [6.07, 6.45) is 5.24. The molecule has 0 unspecified atom stereocenters. The molecular weight excluding hydrogens is 480 g/mol. The maximum absolute atomic E-state index is 12.4. The maximum atomic E-state index is 12.4. The number of piperazine rings is 1. The largest absolute Gasteiger partial charge is 0.361 e. The van der Waals surface area contributed by atoms with E-state index in [4.69, 9.17) is 0 Å². The second kappa shape index (κ2) is 12.2. The maximum Gasteiger partial charge on any atom is 0.181 e. The highest BCUT2D eigenvalue weighted by molar-refractivity contribution is 7.91. The number of H-pyrrole nitrogens is 1. The topological polar surface area (TPSA) is 69.3 Å². The Morgan fingerprint density at radius 3 is 2.35 bits per heavy atom. The lowest BCUT2D eigenvalue weighted by Crippen LogP contribution is -2.46. The molecule has 0 bridgehead atoms. The number of pyridine rings is 1. The van der Waals surface area contributed by atoms with E-state index >= 15 is 0 Å². The Hall–Kier alpha value is -3.42. The van der Waals surface area contributed by atoms with Crippen LogP contribution in [0.2, 0.25) is 0 Å². The first kappa shape index (κ1) is 26.6. The first-order valence-electron chi connectivity index (χ1n) is 12.7. The van der Waals surface area contributed by atoms with E-state index in [1.165, 1.54) is 11.6 Å². The molecule has 2 aromatic carbocycles. The van der Waals surface area contributed by atoms with Crippen molar-refractivity contribution in [3.05, 3.63) is 103 Å². The van der Waals surface area contributed by atoms with Gasteiger partial charge in [-0.05, 0) is 47.4 Å². The van der Waals surface area contributed by atoms with Crippen molar-refractivity contribution in [3.8, 4) is 0 Å². The molecule has 194 valence electrons. The Morgan fingerprint density at radius 2 is 1.73 bits per heavy atom. The zero-order valence-corrected chi connectivity index (χ0v) is 22.5. The van der Waals surface area contributed by atoms with Gasteiger partial charge in [0.05, 0.1) is 10.6 Å². The van der Waals surface area contributed by atoms with Crippen molar-refractivity contribution in [2.45, 2.75) is 31.2 Å². The molecule has 0 aliphatic carbocycles. The minimum absolute atomic E-state index is 0.0479. The average molecular weight is 517 g/mol. The summed E-state index contributed by atoms with van der Waals surface area (Å²) in [7, 11) is -3.33. The van der Waals surface area contributed by atoms with Gasteiger partial charge in [-0.3, -0.25) is 4.90 Å². The van der Waals surface area contributed by atoms with Crippen molar-refractivity contribution < 1.29 is 8.42 Å². The van der Waals surface area contributed by atoms with Crippen LogP contribution in [-0.2, 0) is 16.4 Å². The van der Waals surface area contributed by atoms with Crippen molar-refractivity contribution in [1.82, 2.24) is 14.9 Å². The van der Waals surface area contributed by atoms with E-state index in [1.807, 2.05) is 42.7 Å². The summed E-state index contributed by atoms with van der Waals surface area (Å²) >= 11 is 0. The van der Waals surface area contributed by atoms with E-state index < -0.39 is 9.84 Å². The van der Waals surface area contributed by atoms with Crippen molar-refractivity contribution in [1.29, 1.82) is 0 Å². The number of aromatic amines is 1. The Labute approximate surface area is 220 Å². The molecule has 0 spiro atoms. The highest BCUT2D eigenvalue weighted by Crippen LogP contribution is 2.25. The van der Waals surface area contributed by atoms with E-state index in [0.29, 0.717) is 10.8 Å². The molecule has 1 aliphatic rings. The van der Waals surface area contributed by atoms with Crippen LogP contribution in [0.4, 0.5) is 5.82 Å². The minimum atomic E-state index is -3.33. The fraction of sp³-hybridized carbons (Fsp3) is 0.300. The van der Waals surface area contributed by atoms with Gasteiger partial charge in [-0.15, -0.1) is 6.58 Å². The molecule has 0 radical (unpaired) electrons. The molecule has 5 rings (SSSR count). The number of hydrogen-bond donors (Lipinski definition) is 1. The van der Waals surface area contributed by atoms with Gasteiger partial charge in [0, 0.05) is 56.0 Å². The van der Waals surface area contributed by atoms with Crippen LogP contribution in [0.25, 0.3) is 10.9 Å². The molecule has 2 aromatic heterocycles. The lowest BCUT2D eigenvalue weighted by molar-refractivity contribution is 0.250. The average Bonchev–Trinajstić information content (AvgIpc) is 3.32. The second-order valence-electron chi connectivity index (χ2n) is 9.61. The van der Waals surface area contributed by atoms with Gasteiger partial charge in [0.15, 0.2) is 9.84 Å². The zero-order chi connectivity index (χ0) is 26.3. The van der Waals surface area contributed by atoms with Gasteiger partial charge in [-0.25, -0.2) is 13.4 Å². The molecule has 37 heavy (non-hydrogen) atoms. The predicted molar refractivity (Wildman–Crippen MR) is 153 cm³/mol. The molecular formula is C30H36N4O2S. The number of fused-ring (bicyclic) bond motifs is 1. The minimum Gasteiger partial charge on any atom is -0.361 e. The van der Waals surface area contributed by atoms with Crippen LogP contribution < -0.4 is 4.90 Å². The van der Waals surface area contributed by atoms with Crippen LogP contribution in [0.3, 0.4) is 0 Å². The molecule has 7 heteroatoms. The van der Waals surface area contributed by atoms with Gasteiger partial charge in [0.1, 0.15) is 5.82 Å². The predicted octanol–water partition coefficient (Wildman–Crippen LogP) is 5.65. The molecule has 6 nitrogen and oxygen atoms in total. The van der Waals surface area contributed by atoms with E-state index in [9.17, 15) is 8.42 Å². The Bertz CT molecular complexity index is 1390. The standard InChI is InChI=1S/C21H24N4O2S.C9H12/c1-2-13-28(26,27)18-6-7-20-19(14-18)17(15-23-20)16-24-9-11-25(12-10-24)21-5-3-4-8-22-21;1-8(2)9-6-4-3-5-7-9/h2-8,14-15,23H,1,9-13,16H2;3-8H,1-2H3. The van der Waals surface area contributed by atoms with Crippen LogP contribution in [-0.4, -0.2) is 55.2 Å². The Balaban J connectivity index is 0.000000301. The van der Waals surface area contributed by atoms with Gasteiger partial charge >= 0.3 is 0 Å². The van der Waals surface area contributed by atoms with Crippen LogP contribution >= 0.6 is 0 Å². The fourth-order valence-electron chi connectivity index (χ4n) is 4.49. The summed E-state index contributed by atoms with van der Waals surface area (Å²) in [5.74, 6) is 1.63. The summed E-state index contributed by atoms with van der Waals surface area (Å²) < 4.78 is 24.7. The lowest BCUT2D eigenvalue weighted by atomic mass is 10.0. The third-order valence-electron chi connectivity index (χ3n) is 6.64. The number of aromatic nitrogens is 2. The fourth-order valence-corrected chi connectivity index (χ4v) is 5.56. The summed E-state index contributed by atoms with van der Waals surface area (Å²) in [6.45, 7) is 12.5. The highest BCUT2D eigenvalue weighted by Gasteiger charge is 2.20. The number of anilines is 1. The number of benzene rings is 2. The van der Waals surface area contributed by atoms with Crippen molar-refractivity contribution in [2.75, 3.05) is 36.8 Å². The first-order valence-corrected chi connectivity index (χ1v) is 14.4. The lowest BCUT2D eigenvalue weighted by Gasteiger charge is -2.35. The van der Waals surface area contributed by atoms with E-state index in [2.05, 4.69) is 64.5 Å². The van der Waals surface area contributed by atoms with Crippen molar-refractivity contribution in [3.63, 3.8) is 0 Å². The van der Waals surface area contributed by atoms with E-state index in [1.54, 1.807) is 12.1 Å². The Morgan fingerprint density at radius 1 is 1.00 bits per heavy atom. The molecule has 1 fully saturated rings. The summed E-state index contributed by atoms with van der Waals surface area (Å²) in [5.41, 5.74) is 3.49. The van der Waals surface area contributed by atoms with Crippen LogP contribution in [0.5, 0.6) is 0 Å². The molecule has 4 aromatic rings. The quantitative estimate of drug-likeness (QED) is 0.321. The molecule has 0 saturated carbocycles. The van der Waals surface area contributed by atoms with Crippen LogP contribution in [0, 0.1) is 0 Å². The number of nitrogens with zero attached hydrogens (tertiary/aromatic N) is 3. The molecule has 0 atom stereocenters. The zero-order valence-electron chi connectivity index (χ0n) is 21.7. The normalized spacial score (nSPS) is 14.4. The Kier molecular flexibility index (Phi) is 8.79. The van der Waals surface area contributed by atoms with Gasteiger partial charge in [-0.2, -0.15) is 0 Å². The van der Waals surface area contributed by atoms with Gasteiger partial charge in [0.25, 0.3) is 0 Å². The number of nitrogens with one attached hydrogen (secondary N) is 1. The molecule has 1 aliphatic heterocycles. The number of rotatable bonds is 7. The molecule has 3 heterocycles. The van der Waals surface area contributed by atoms with Crippen LogP contribution in [0.1, 0.15) is 30.9 Å². The van der Waals surface area contributed by atoms with E-state index in [-0.39, 0.29) is 5.75 Å². The van der Waals surface area contributed by atoms with Gasteiger partial charge in [-0.1, -0.05) is 56.3 Å². The molecule has 0 amide bonds. The van der Waals surface area contributed by atoms with Crippen LogP contribution in [0.15, 0.2) is 96.7 Å². The van der Waals surface area contributed by atoms with Crippen molar-refractivity contribution in [2.24, 2.45) is 0 Å². The smallest absolute Gasteiger partial charge is 0.181 e. The van der Waals surface area contributed by atoms with E-state index in [0.717, 1.165) is 55.0 Å². The monoisotopic (exact) mass is 516 g/mol. The van der Waals surface area contributed by atoms with Gasteiger partial charge < -0.3 is 9.88 Å². The number of hydrogen-bond acceptors (Lipinski definition) is 5. The summed E-state index contributed by atoms with van der Waals surface area (Å²) in [5, 5.41) is 0.970. The third kappa shape index (κ3) is 6.87. The SMILES string of the molecule is C=CCS(=O)(=O)c1ccc2[nH]cc(CN3CCN(c4ccccn4)CC3)c2c1.CC(C)c1ccccc1. The third-order valence-corrected chi connectivity index (χ3v) is 8.29. The summed E-state index contributed by atoms with van der Waals surface area (Å²) in [4.78, 5) is 12.7. The molecule has 1 saturated heterocycles. The summed E-state index contributed by atoms with van der Waals surface area (Å²) in [6, 6.07) is 21.8. The highest BCUT2D eigenvalue weighted by atomic mass is 32.2. The number of sulfone groups is 1.